The van der Waals surface area contributed by atoms with Gasteiger partial charge < -0.3 is 15.8 Å². The van der Waals surface area contributed by atoms with E-state index >= 15 is 0 Å². The van der Waals surface area contributed by atoms with E-state index in [4.69, 9.17) is 10.5 Å². The van der Waals surface area contributed by atoms with Crippen molar-refractivity contribution in [3.05, 3.63) is 17.8 Å². The maximum absolute atomic E-state index is 11.7. The van der Waals surface area contributed by atoms with Crippen LogP contribution in [0.3, 0.4) is 0 Å². The maximum atomic E-state index is 11.7. The Morgan fingerprint density at radius 1 is 1.56 bits per heavy atom. The number of nitrogens with two attached hydrogens (primary N) is 1. The van der Waals surface area contributed by atoms with Crippen LogP contribution in [-0.4, -0.2) is 35.9 Å². The molecule has 0 bridgehead atoms. The summed E-state index contributed by atoms with van der Waals surface area (Å²) in [5, 5.41) is 10.1. The van der Waals surface area contributed by atoms with Gasteiger partial charge in [0.2, 0.25) is 0 Å². The summed E-state index contributed by atoms with van der Waals surface area (Å²) in [6.07, 6.45) is 0.794. The van der Waals surface area contributed by atoms with Gasteiger partial charge in [-0.15, -0.1) is 10.2 Å². The van der Waals surface area contributed by atoms with Crippen molar-refractivity contribution in [3.63, 3.8) is 0 Å². The largest absolute Gasteiger partial charge is 0.383 e. The highest BCUT2D eigenvalue weighted by atomic mass is 16.5. The minimum atomic E-state index is -0.267. The molecule has 6 nitrogen and oxygen atoms in total. The minimum absolute atomic E-state index is 0.0168. The lowest BCUT2D eigenvalue weighted by molar-refractivity contribution is 0.0888. The fraction of sp³-hybridized carbons (Fsp3) is 0.500. The van der Waals surface area contributed by atoms with Gasteiger partial charge in [-0.3, -0.25) is 4.79 Å². The maximum Gasteiger partial charge on any atom is 0.272 e. The molecule has 0 fully saturated rings. The molecular weight excluding hydrogens is 208 g/mol. The SMILES string of the molecule is CCC(COC)NC(=O)c1ccc(N)nn1. The molecule has 0 aliphatic rings. The van der Waals surface area contributed by atoms with E-state index in [0.29, 0.717) is 12.4 Å². The number of methoxy groups -OCH3 is 1. The third-order valence-electron chi connectivity index (χ3n) is 2.11. The van der Waals surface area contributed by atoms with Crippen LogP contribution in [0.15, 0.2) is 12.1 Å². The van der Waals surface area contributed by atoms with Crippen molar-refractivity contribution >= 4 is 11.7 Å². The third-order valence-corrected chi connectivity index (χ3v) is 2.11. The highest BCUT2D eigenvalue weighted by molar-refractivity contribution is 5.92. The van der Waals surface area contributed by atoms with Crippen LogP contribution in [0.5, 0.6) is 0 Å². The molecule has 1 atom stereocenters. The summed E-state index contributed by atoms with van der Waals surface area (Å²) in [5.41, 5.74) is 5.63. The van der Waals surface area contributed by atoms with Gasteiger partial charge >= 0.3 is 0 Å². The number of hydrogen-bond donors (Lipinski definition) is 2. The molecule has 1 aromatic heterocycles. The highest BCUT2D eigenvalue weighted by Gasteiger charge is 2.13. The zero-order valence-corrected chi connectivity index (χ0v) is 9.43. The molecule has 1 amide bonds. The van der Waals surface area contributed by atoms with Gasteiger partial charge in [0.15, 0.2) is 5.69 Å². The number of carbonyl (C=O) groups is 1. The van der Waals surface area contributed by atoms with Gasteiger partial charge in [0.1, 0.15) is 5.82 Å². The smallest absolute Gasteiger partial charge is 0.272 e. The lowest BCUT2D eigenvalue weighted by Gasteiger charge is -2.15. The van der Waals surface area contributed by atoms with Crippen molar-refractivity contribution in [2.75, 3.05) is 19.5 Å². The number of hydrogen-bond acceptors (Lipinski definition) is 5. The van der Waals surface area contributed by atoms with Crippen LogP contribution in [0.1, 0.15) is 23.8 Å². The lowest BCUT2D eigenvalue weighted by atomic mass is 10.2. The average molecular weight is 224 g/mol. The lowest BCUT2D eigenvalue weighted by Crippen LogP contribution is -2.38. The Balaban J connectivity index is 2.60. The van der Waals surface area contributed by atoms with E-state index in [2.05, 4.69) is 15.5 Å². The Hall–Kier alpha value is -1.69. The summed E-state index contributed by atoms with van der Waals surface area (Å²) in [5.74, 6) is 0.0249. The van der Waals surface area contributed by atoms with Gasteiger partial charge in [0, 0.05) is 7.11 Å². The van der Waals surface area contributed by atoms with E-state index in [1.165, 1.54) is 6.07 Å². The van der Waals surface area contributed by atoms with Crippen LogP contribution in [-0.2, 0) is 4.74 Å². The summed E-state index contributed by atoms with van der Waals surface area (Å²) in [7, 11) is 1.60. The van der Waals surface area contributed by atoms with Crippen LogP contribution in [0.25, 0.3) is 0 Å². The van der Waals surface area contributed by atoms with Crippen LogP contribution in [0.4, 0.5) is 5.82 Å². The van der Waals surface area contributed by atoms with Crippen LogP contribution in [0.2, 0.25) is 0 Å². The standard InChI is InChI=1S/C10H16N4O2/c1-3-7(6-16-2)12-10(15)8-4-5-9(11)14-13-8/h4-5,7H,3,6H2,1-2H3,(H2,11,14)(H,12,15). The summed E-state index contributed by atoms with van der Waals surface area (Å²) in [6.45, 7) is 2.45. The summed E-state index contributed by atoms with van der Waals surface area (Å²) in [6, 6.07) is 3.06. The van der Waals surface area contributed by atoms with Gasteiger partial charge in [0.05, 0.1) is 12.6 Å². The normalized spacial score (nSPS) is 12.1. The highest BCUT2D eigenvalue weighted by Crippen LogP contribution is 1.99. The van der Waals surface area contributed by atoms with Crippen molar-refractivity contribution in [1.29, 1.82) is 0 Å². The number of aromatic nitrogens is 2. The van der Waals surface area contributed by atoms with Gasteiger partial charge in [0.25, 0.3) is 5.91 Å². The molecule has 88 valence electrons. The first-order chi connectivity index (χ1) is 7.67. The number of ether oxygens (including phenoxy) is 1. The molecule has 1 heterocycles. The minimum Gasteiger partial charge on any atom is -0.383 e. The summed E-state index contributed by atoms with van der Waals surface area (Å²) >= 11 is 0. The Morgan fingerprint density at radius 3 is 2.81 bits per heavy atom. The van der Waals surface area contributed by atoms with Crippen LogP contribution in [0, 0.1) is 0 Å². The first kappa shape index (κ1) is 12.4. The zero-order chi connectivity index (χ0) is 12.0. The van der Waals surface area contributed by atoms with E-state index in [1.54, 1.807) is 13.2 Å². The monoisotopic (exact) mass is 224 g/mol. The molecule has 0 aliphatic carbocycles. The molecule has 6 heteroatoms. The number of amides is 1. The first-order valence-corrected chi connectivity index (χ1v) is 5.06. The Labute approximate surface area is 94.2 Å². The van der Waals surface area contributed by atoms with E-state index in [-0.39, 0.29) is 17.6 Å². The van der Waals surface area contributed by atoms with Gasteiger partial charge in [-0.25, -0.2) is 0 Å². The third kappa shape index (κ3) is 3.47. The molecule has 0 aromatic carbocycles. The zero-order valence-electron chi connectivity index (χ0n) is 9.43. The Bertz CT molecular complexity index is 339. The topological polar surface area (TPSA) is 90.1 Å². The van der Waals surface area contributed by atoms with Crippen molar-refractivity contribution in [2.24, 2.45) is 0 Å². The number of nitrogen functional groups attached to an aromatic ring is 1. The molecule has 0 spiro atoms. The molecule has 16 heavy (non-hydrogen) atoms. The van der Waals surface area contributed by atoms with Crippen molar-refractivity contribution in [2.45, 2.75) is 19.4 Å². The Kier molecular flexibility index (Phi) is 4.65. The molecular formula is C10H16N4O2. The predicted molar refractivity (Wildman–Crippen MR) is 59.9 cm³/mol. The number of nitrogens with zero attached hydrogens (tertiary/aromatic N) is 2. The fourth-order valence-corrected chi connectivity index (χ4v) is 1.19. The Morgan fingerprint density at radius 2 is 2.31 bits per heavy atom. The van der Waals surface area contributed by atoms with Crippen LogP contribution < -0.4 is 11.1 Å². The van der Waals surface area contributed by atoms with E-state index in [0.717, 1.165) is 6.42 Å². The summed E-state index contributed by atoms with van der Waals surface area (Å²) in [4.78, 5) is 11.7. The van der Waals surface area contributed by atoms with Gasteiger partial charge in [-0.2, -0.15) is 0 Å². The summed E-state index contributed by atoms with van der Waals surface area (Å²) < 4.78 is 4.98. The molecule has 1 unspecified atom stereocenters. The molecule has 1 aromatic rings. The fourth-order valence-electron chi connectivity index (χ4n) is 1.19. The quantitative estimate of drug-likeness (QED) is 0.746. The molecule has 3 N–H and O–H groups in total. The van der Waals surface area contributed by atoms with Gasteiger partial charge in [-0.05, 0) is 18.6 Å². The van der Waals surface area contributed by atoms with E-state index in [1.807, 2.05) is 6.92 Å². The molecule has 0 radical (unpaired) electrons. The van der Waals surface area contributed by atoms with Crippen molar-refractivity contribution in [1.82, 2.24) is 15.5 Å². The van der Waals surface area contributed by atoms with Crippen LogP contribution >= 0.6 is 0 Å². The van der Waals surface area contributed by atoms with E-state index < -0.39 is 0 Å². The predicted octanol–water partition coefficient (Wildman–Crippen LogP) is 0.214. The second-order valence-corrected chi connectivity index (χ2v) is 3.38. The number of anilines is 1. The first-order valence-electron chi connectivity index (χ1n) is 5.06. The molecule has 1 rings (SSSR count). The molecule has 0 saturated heterocycles. The van der Waals surface area contributed by atoms with E-state index in [9.17, 15) is 4.79 Å². The number of nitrogens with one attached hydrogen (secondary N) is 1. The van der Waals surface area contributed by atoms with Crippen molar-refractivity contribution < 1.29 is 9.53 Å². The molecule has 0 aliphatic heterocycles. The second-order valence-electron chi connectivity index (χ2n) is 3.38. The second kappa shape index (κ2) is 6.02. The average Bonchev–Trinajstić information content (AvgIpc) is 2.29. The number of rotatable bonds is 5. The van der Waals surface area contributed by atoms with Crippen molar-refractivity contribution in [3.8, 4) is 0 Å². The molecule has 0 saturated carbocycles. The van der Waals surface area contributed by atoms with Gasteiger partial charge in [-0.1, -0.05) is 6.92 Å². The number of carbonyl (C=O) groups excluding carboxylic acids is 1.